The molecular formula is C23H32N2O3. The Labute approximate surface area is 168 Å². The molecule has 152 valence electrons. The number of nitrogens with one attached hydrogen (secondary N) is 1. The van der Waals surface area contributed by atoms with Crippen LogP contribution in [0.3, 0.4) is 0 Å². The van der Waals surface area contributed by atoms with E-state index in [2.05, 4.69) is 17.2 Å². The molecule has 0 saturated heterocycles. The van der Waals surface area contributed by atoms with Crippen molar-refractivity contribution in [2.24, 2.45) is 5.92 Å². The molecule has 1 aromatic rings. The summed E-state index contributed by atoms with van der Waals surface area (Å²) in [5.74, 6) is 0.0565. The van der Waals surface area contributed by atoms with Crippen LogP contribution in [0.1, 0.15) is 71.8 Å². The molecule has 0 aromatic carbocycles. The molecule has 1 aromatic heterocycles. The van der Waals surface area contributed by atoms with E-state index in [1.54, 1.807) is 19.3 Å². The number of ketones is 1. The minimum Gasteiger partial charge on any atom is -0.463 e. The first-order chi connectivity index (χ1) is 13.5. The Kier molecular flexibility index (Phi) is 7.97. The van der Waals surface area contributed by atoms with Gasteiger partial charge in [0, 0.05) is 41.7 Å². The fourth-order valence-corrected chi connectivity index (χ4v) is 3.87. The summed E-state index contributed by atoms with van der Waals surface area (Å²) in [7, 11) is 0. The number of allylic oxidation sites excluding steroid dienone is 3. The minimum absolute atomic E-state index is 0.184. The number of rotatable bonds is 3. The summed E-state index contributed by atoms with van der Waals surface area (Å²) < 4.78 is 5.32. The molecule has 28 heavy (non-hydrogen) atoms. The van der Waals surface area contributed by atoms with E-state index in [1.807, 2.05) is 32.9 Å². The zero-order valence-corrected chi connectivity index (χ0v) is 17.7. The van der Waals surface area contributed by atoms with Crippen molar-refractivity contribution in [3.05, 3.63) is 52.6 Å². The monoisotopic (exact) mass is 384 g/mol. The van der Waals surface area contributed by atoms with Crippen molar-refractivity contribution in [3.8, 4) is 0 Å². The predicted octanol–water partition coefficient (Wildman–Crippen LogP) is 4.67. The van der Waals surface area contributed by atoms with Crippen LogP contribution in [0.5, 0.6) is 0 Å². The van der Waals surface area contributed by atoms with Crippen molar-refractivity contribution >= 4 is 11.8 Å². The van der Waals surface area contributed by atoms with E-state index < -0.39 is 0 Å². The Morgan fingerprint density at radius 2 is 2.07 bits per heavy atom. The van der Waals surface area contributed by atoms with E-state index in [0.717, 1.165) is 35.4 Å². The van der Waals surface area contributed by atoms with Crippen LogP contribution in [0.25, 0.3) is 0 Å². The molecule has 0 bridgehead atoms. The van der Waals surface area contributed by atoms with E-state index in [0.29, 0.717) is 30.9 Å². The Morgan fingerprint density at radius 1 is 1.32 bits per heavy atom. The highest BCUT2D eigenvalue weighted by Crippen LogP contribution is 2.39. The normalized spacial score (nSPS) is 22.2. The summed E-state index contributed by atoms with van der Waals surface area (Å²) in [6.45, 7) is 10.2. The molecule has 1 aliphatic heterocycles. The van der Waals surface area contributed by atoms with E-state index in [-0.39, 0.29) is 17.7 Å². The maximum Gasteiger partial charge on any atom is 0.336 e. The van der Waals surface area contributed by atoms with Crippen LogP contribution in [-0.4, -0.2) is 23.3 Å². The second-order valence-corrected chi connectivity index (χ2v) is 7.16. The lowest BCUT2D eigenvalue weighted by Crippen LogP contribution is -2.20. The number of pyridine rings is 1. The second-order valence-electron chi connectivity index (χ2n) is 7.16. The maximum absolute atomic E-state index is 12.8. The summed E-state index contributed by atoms with van der Waals surface area (Å²) in [6.07, 6.45) is 6.28. The van der Waals surface area contributed by atoms with Crippen molar-refractivity contribution in [2.75, 3.05) is 6.61 Å². The van der Waals surface area contributed by atoms with Gasteiger partial charge in [0.1, 0.15) is 0 Å². The third-order valence-corrected chi connectivity index (χ3v) is 5.20. The molecule has 0 radical (unpaired) electrons. The average molecular weight is 385 g/mol. The van der Waals surface area contributed by atoms with Gasteiger partial charge in [-0.2, -0.15) is 0 Å². The predicted molar refractivity (Wildman–Crippen MR) is 110 cm³/mol. The quantitative estimate of drug-likeness (QED) is 0.767. The molecule has 1 N–H and O–H groups in total. The molecule has 2 heterocycles. The van der Waals surface area contributed by atoms with Crippen LogP contribution < -0.4 is 5.32 Å². The number of esters is 1. The number of hydrogen-bond donors (Lipinski definition) is 1. The summed E-state index contributed by atoms with van der Waals surface area (Å²) in [5.41, 5.74) is 4.07. The number of Topliss-reactive ketones (excluding diaryl/α,β-unsaturated/α-hetero) is 1. The van der Waals surface area contributed by atoms with Gasteiger partial charge in [0.2, 0.25) is 0 Å². The molecule has 3 rings (SSSR count). The number of ether oxygens (including phenoxy) is 1. The Balaban J connectivity index is 0.00000136. The first-order valence-corrected chi connectivity index (χ1v) is 10.3. The third kappa shape index (κ3) is 4.89. The number of nitrogens with zero attached hydrogens (tertiary/aromatic N) is 1. The van der Waals surface area contributed by atoms with Crippen LogP contribution in [0, 0.1) is 5.92 Å². The highest BCUT2D eigenvalue weighted by molar-refractivity contribution is 5.98. The van der Waals surface area contributed by atoms with Crippen molar-refractivity contribution in [1.82, 2.24) is 10.3 Å². The molecule has 5 heteroatoms. The number of hydrogen-bond acceptors (Lipinski definition) is 5. The summed E-state index contributed by atoms with van der Waals surface area (Å²) in [5, 5.41) is 3.39. The fourth-order valence-electron chi connectivity index (χ4n) is 3.87. The van der Waals surface area contributed by atoms with E-state index in [1.165, 1.54) is 0 Å². The standard InChI is InChI=1S/C21H26N2O3.C2H6/c1-4-26-21(25)20-14(3)23-18-10-13(2)7-8-19(24)17(18)11-16(20)15-6-5-9-22-12-15;1-2/h5-6,9,12-13,16,23H,4,7-8,10-11H2,1-3H3;1-2H3. The van der Waals surface area contributed by atoms with Gasteiger partial charge >= 0.3 is 5.97 Å². The largest absolute Gasteiger partial charge is 0.463 e. The van der Waals surface area contributed by atoms with Gasteiger partial charge in [-0.1, -0.05) is 26.8 Å². The van der Waals surface area contributed by atoms with Crippen LogP contribution in [-0.2, 0) is 14.3 Å². The number of carbonyl (C=O) groups excluding carboxylic acids is 2. The first kappa shape index (κ1) is 21.9. The molecule has 0 amide bonds. The molecule has 2 atom stereocenters. The van der Waals surface area contributed by atoms with Crippen LogP contribution >= 0.6 is 0 Å². The van der Waals surface area contributed by atoms with Crippen LogP contribution in [0.2, 0.25) is 0 Å². The molecule has 1 aliphatic carbocycles. The Morgan fingerprint density at radius 3 is 2.71 bits per heavy atom. The summed E-state index contributed by atoms with van der Waals surface area (Å²) in [6, 6.07) is 3.82. The zero-order valence-electron chi connectivity index (χ0n) is 17.7. The molecule has 0 fully saturated rings. The number of carbonyl (C=O) groups is 2. The van der Waals surface area contributed by atoms with Crippen LogP contribution in [0.4, 0.5) is 0 Å². The highest BCUT2D eigenvalue weighted by Gasteiger charge is 2.34. The van der Waals surface area contributed by atoms with Gasteiger partial charge in [-0.3, -0.25) is 9.78 Å². The van der Waals surface area contributed by atoms with E-state index in [4.69, 9.17) is 4.74 Å². The highest BCUT2D eigenvalue weighted by atomic mass is 16.5. The minimum atomic E-state index is -0.329. The lowest BCUT2D eigenvalue weighted by Gasteiger charge is -2.20. The third-order valence-electron chi connectivity index (χ3n) is 5.20. The lowest BCUT2D eigenvalue weighted by molar-refractivity contribution is -0.139. The molecule has 0 spiro atoms. The van der Waals surface area contributed by atoms with Gasteiger partial charge in [-0.25, -0.2) is 4.79 Å². The molecule has 2 aliphatic rings. The zero-order chi connectivity index (χ0) is 20.7. The van der Waals surface area contributed by atoms with Gasteiger partial charge in [0.25, 0.3) is 0 Å². The van der Waals surface area contributed by atoms with Crippen LogP contribution in [0.15, 0.2) is 47.1 Å². The molecule has 0 saturated carbocycles. The number of aromatic nitrogens is 1. The smallest absolute Gasteiger partial charge is 0.336 e. The summed E-state index contributed by atoms with van der Waals surface area (Å²) in [4.78, 5) is 29.7. The van der Waals surface area contributed by atoms with Crippen molar-refractivity contribution in [2.45, 2.75) is 66.2 Å². The van der Waals surface area contributed by atoms with Gasteiger partial charge in [-0.15, -0.1) is 0 Å². The van der Waals surface area contributed by atoms with E-state index in [9.17, 15) is 9.59 Å². The summed E-state index contributed by atoms with van der Waals surface area (Å²) >= 11 is 0. The lowest BCUT2D eigenvalue weighted by atomic mass is 9.84. The van der Waals surface area contributed by atoms with Gasteiger partial charge in [0.15, 0.2) is 5.78 Å². The SMILES string of the molecule is CC.CCOC(=O)C1=C(C)NC2=C(CC1c1cccnc1)C(=O)CCC(C)C2. The Bertz CT molecular complexity index is 765. The van der Waals surface area contributed by atoms with Gasteiger partial charge < -0.3 is 10.1 Å². The first-order valence-electron chi connectivity index (χ1n) is 10.3. The van der Waals surface area contributed by atoms with E-state index >= 15 is 0 Å². The Hall–Kier alpha value is -2.43. The molecular weight excluding hydrogens is 352 g/mol. The van der Waals surface area contributed by atoms with Gasteiger partial charge in [-0.05, 0) is 50.7 Å². The molecule has 2 unspecified atom stereocenters. The van der Waals surface area contributed by atoms with Crippen molar-refractivity contribution < 1.29 is 14.3 Å². The maximum atomic E-state index is 12.8. The molecule has 5 nitrogen and oxygen atoms in total. The second kappa shape index (κ2) is 10.2. The van der Waals surface area contributed by atoms with Crippen molar-refractivity contribution in [1.29, 1.82) is 0 Å². The average Bonchev–Trinajstić information content (AvgIpc) is 2.92. The topological polar surface area (TPSA) is 68.3 Å². The van der Waals surface area contributed by atoms with Crippen molar-refractivity contribution in [3.63, 3.8) is 0 Å². The fraction of sp³-hybridized carbons (Fsp3) is 0.522. The van der Waals surface area contributed by atoms with Gasteiger partial charge in [0.05, 0.1) is 12.2 Å².